The fourth-order valence-electron chi connectivity index (χ4n) is 1.28. The molecule has 2 aromatic rings. The monoisotopic (exact) mass is 296 g/mol. The lowest BCUT2D eigenvalue weighted by Crippen LogP contribution is -1.99. The van der Waals surface area contributed by atoms with Crippen LogP contribution in [0.5, 0.6) is 0 Å². The molecule has 0 aliphatic carbocycles. The van der Waals surface area contributed by atoms with Crippen molar-refractivity contribution >= 4 is 33.3 Å². The summed E-state index contributed by atoms with van der Waals surface area (Å²) < 4.78 is 13.5. The van der Waals surface area contributed by atoms with Gasteiger partial charge in [-0.1, -0.05) is 0 Å². The zero-order valence-corrected chi connectivity index (χ0v) is 10.6. The molecule has 0 aliphatic heterocycles. The summed E-state index contributed by atoms with van der Waals surface area (Å²) in [5.74, 6) is 0.954. The molecule has 0 unspecified atom stereocenters. The molecule has 0 amide bonds. The second kappa shape index (κ2) is 5.09. The molecule has 0 spiro atoms. The van der Waals surface area contributed by atoms with Crippen molar-refractivity contribution in [1.29, 1.82) is 0 Å². The molecule has 0 atom stereocenters. The molecule has 1 aromatic heterocycles. The van der Waals surface area contributed by atoms with Gasteiger partial charge in [-0.15, -0.1) is 0 Å². The number of anilines is 3. The smallest absolute Gasteiger partial charge is 0.151 e. The molecule has 0 aliphatic rings. The number of nitrogens with zero attached hydrogens (tertiary/aromatic N) is 2. The highest BCUT2D eigenvalue weighted by Crippen LogP contribution is 2.25. The highest BCUT2D eigenvalue weighted by atomic mass is 79.9. The summed E-state index contributed by atoms with van der Waals surface area (Å²) in [4.78, 5) is 8.27. The van der Waals surface area contributed by atoms with Crippen LogP contribution in [0.4, 0.5) is 21.7 Å². The first-order valence-electron chi connectivity index (χ1n) is 4.91. The Morgan fingerprint density at radius 1 is 1.24 bits per heavy atom. The van der Waals surface area contributed by atoms with E-state index in [1.54, 1.807) is 25.5 Å². The third-order valence-electron chi connectivity index (χ3n) is 2.08. The number of hydrogen-bond acceptors (Lipinski definition) is 4. The van der Waals surface area contributed by atoms with E-state index in [1.165, 1.54) is 12.1 Å². The maximum absolute atomic E-state index is 12.9. The highest BCUT2D eigenvalue weighted by molar-refractivity contribution is 9.10. The average Bonchev–Trinajstić information content (AvgIpc) is 2.33. The quantitative estimate of drug-likeness (QED) is 0.913. The Morgan fingerprint density at radius 2 is 2.00 bits per heavy atom. The second-order valence-electron chi connectivity index (χ2n) is 3.29. The number of nitrogens with one attached hydrogen (secondary N) is 2. The van der Waals surface area contributed by atoms with Crippen LogP contribution in [0.25, 0.3) is 0 Å². The molecule has 88 valence electrons. The minimum Gasteiger partial charge on any atom is -0.372 e. The molecule has 0 saturated heterocycles. The SMILES string of the molecule is CNc1cncc(Nc2ccc(F)cc2Br)n1. The predicted octanol–water partition coefficient (Wildman–Crippen LogP) is 3.16. The van der Waals surface area contributed by atoms with Gasteiger partial charge in [0.2, 0.25) is 0 Å². The van der Waals surface area contributed by atoms with Crippen molar-refractivity contribution in [2.24, 2.45) is 0 Å². The lowest BCUT2D eigenvalue weighted by molar-refractivity contribution is 0.627. The van der Waals surface area contributed by atoms with Crippen molar-refractivity contribution < 1.29 is 4.39 Å². The van der Waals surface area contributed by atoms with Gasteiger partial charge in [-0.3, -0.25) is 4.98 Å². The Balaban J connectivity index is 2.25. The van der Waals surface area contributed by atoms with E-state index in [0.717, 1.165) is 5.69 Å². The summed E-state index contributed by atoms with van der Waals surface area (Å²) in [5.41, 5.74) is 0.731. The topological polar surface area (TPSA) is 49.8 Å². The molecular weight excluding hydrogens is 287 g/mol. The fourth-order valence-corrected chi connectivity index (χ4v) is 1.73. The molecular formula is C11H10BrFN4. The van der Waals surface area contributed by atoms with Crippen molar-refractivity contribution in [2.75, 3.05) is 17.7 Å². The van der Waals surface area contributed by atoms with Gasteiger partial charge < -0.3 is 10.6 Å². The van der Waals surface area contributed by atoms with Crippen LogP contribution in [0.1, 0.15) is 0 Å². The first-order chi connectivity index (χ1) is 8.19. The minimum atomic E-state index is -0.294. The third kappa shape index (κ3) is 2.91. The van der Waals surface area contributed by atoms with E-state index in [0.29, 0.717) is 16.1 Å². The Hall–Kier alpha value is -1.69. The van der Waals surface area contributed by atoms with Crippen LogP contribution in [0.15, 0.2) is 35.1 Å². The first kappa shape index (κ1) is 11.8. The van der Waals surface area contributed by atoms with Gasteiger partial charge in [-0.2, -0.15) is 0 Å². The predicted molar refractivity (Wildman–Crippen MR) is 69.0 cm³/mol. The number of hydrogen-bond donors (Lipinski definition) is 2. The lowest BCUT2D eigenvalue weighted by atomic mass is 10.3. The van der Waals surface area contributed by atoms with Crippen molar-refractivity contribution in [2.45, 2.75) is 0 Å². The molecule has 1 aromatic carbocycles. The molecule has 0 fully saturated rings. The number of aromatic nitrogens is 2. The number of halogens is 2. The van der Waals surface area contributed by atoms with Gasteiger partial charge in [0.25, 0.3) is 0 Å². The molecule has 2 rings (SSSR count). The lowest BCUT2D eigenvalue weighted by Gasteiger charge is -2.08. The van der Waals surface area contributed by atoms with Crippen molar-refractivity contribution in [1.82, 2.24) is 9.97 Å². The molecule has 1 heterocycles. The number of benzene rings is 1. The van der Waals surface area contributed by atoms with E-state index in [1.807, 2.05) is 0 Å². The van der Waals surface area contributed by atoms with Gasteiger partial charge in [-0.25, -0.2) is 9.37 Å². The van der Waals surface area contributed by atoms with E-state index in [2.05, 4.69) is 36.5 Å². The van der Waals surface area contributed by atoms with E-state index in [4.69, 9.17) is 0 Å². The van der Waals surface area contributed by atoms with Gasteiger partial charge in [0.15, 0.2) is 5.82 Å². The van der Waals surface area contributed by atoms with Gasteiger partial charge in [0.05, 0.1) is 18.1 Å². The fraction of sp³-hybridized carbons (Fsp3) is 0.0909. The van der Waals surface area contributed by atoms with Crippen LogP contribution in [-0.4, -0.2) is 17.0 Å². The Labute approximate surface area is 106 Å². The van der Waals surface area contributed by atoms with Crippen molar-refractivity contribution in [3.05, 3.63) is 40.9 Å². The first-order valence-corrected chi connectivity index (χ1v) is 5.70. The Morgan fingerprint density at radius 3 is 2.71 bits per heavy atom. The van der Waals surface area contributed by atoms with Crippen LogP contribution in [-0.2, 0) is 0 Å². The molecule has 0 radical (unpaired) electrons. The van der Waals surface area contributed by atoms with Gasteiger partial charge in [-0.05, 0) is 34.1 Å². The minimum absolute atomic E-state index is 0.294. The maximum atomic E-state index is 12.9. The van der Waals surface area contributed by atoms with E-state index in [9.17, 15) is 4.39 Å². The molecule has 4 nitrogen and oxygen atoms in total. The largest absolute Gasteiger partial charge is 0.372 e. The standard InChI is InChI=1S/C11H10BrFN4/c1-14-10-5-15-6-11(17-10)16-9-3-2-7(13)4-8(9)12/h2-6H,1H3,(H2,14,16,17). The van der Waals surface area contributed by atoms with Gasteiger partial charge in [0, 0.05) is 11.5 Å². The summed E-state index contributed by atoms with van der Waals surface area (Å²) >= 11 is 3.27. The van der Waals surface area contributed by atoms with Crippen LogP contribution in [0.3, 0.4) is 0 Å². The Bertz CT molecular complexity index is 533. The summed E-state index contributed by atoms with van der Waals surface area (Å²) in [7, 11) is 1.77. The highest BCUT2D eigenvalue weighted by Gasteiger charge is 2.03. The van der Waals surface area contributed by atoms with Crippen LogP contribution in [0.2, 0.25) is 0 Å². The van der Waals surface area contributed by atoms with Crippen LogP contribution < -0.4 is 10.6 Å². The third-order valence-corrected chi connectivity index (χ3v) is 2.74. The molecule has 17 heavy (non-hydrogen) atoms. The normalized spacial score (nSPS) is 10.1. The van der Waals surface area contributed by atoms with Crippen molar-refractivity contribution in [3.8, 4) is 0 Å². The molecule has 2 N–H and O–H groups in total. The average molecular weight is 297 g/mol. The van der Waals surface area contributed by atoms with Gasteiger partial charge >= 0.3 is 0 Å². The van der Waals surface area contributed by atoms with E-state index < -0.39 is 0 Å². The summed E-state index contributed by atoms with van der Waals surface area (Å²) in [6.45, 7) is 0. The molecule has 0 saturated carbocycles. The maximum Gasteiger partial charge on any atom is 0.151 e. The van der Waals surface area contributed by atoms with Crippen LogP contribution in [0, 0.1) is 5.82 Å². The van der Waals surface area contributed by atoms with E-state index in [-0.39, 0.29) is 5.82 Å². The van der Waals surface area contributed by atoms with Gasteiger partial charge in [0.1, 0.15) is 11.6 Å². The zero-order valence-electron chi connectivity index (χ0n) is 9.04. The summed E-state index contributed by atoms with van der Waals surface area (Å²) in [5, 5.41) is 5.94. The summed E-state index contributed by atoms with van der Waals surface area (Å²) in [6, 6.07) is 4.40. The molecule has 0 bridgehead atoms. The Kier molecular flexibility index (Phi) is 3.53. The van der Waals surface area contributed by atoms with Crippen molar-refractivity contribution in [3.63, 3.8) is 0 Å². The zero-order chi connectivity index (χ0) is 12.3. The second-order valence-corrected chi connectivity index (χ2v) is 4.14. The summed E-state index contributed by atoms with van der Waals surface area (Å²) in [6.07, 6.45) is 3.21. The van der Waals surface area contributed by atoms with Crippen LogP contribution >= 0.6 is 15.9 Å². The van der Waals surface area contributed by atoms with E-state index >= 15 is 0 Å². The number of rotatable bonds is 3. The molecule has 6 heteroatoms.